The Balaban J connectivity index is 1.37. The first-order valence-electron chi connectivity index (χ1n) is 12.7. The Kier molecular flexibility index (Phi) is 7.99. The molecule has 3 N–H and O–H groups in total. The summed E-state index contributed by atoms with van der Waals surface area (Å²) in [5.41, 5.74) is -4.05. The number of carbonyl (C=O) groups is 3. The van der Waals surface area contributed by atoms with E-state index in [1.165, 1.54) is 49.8 Å². The van der Waals surface area contributed by atoms with Gasteiger partial charge in [-0.05, 0) is 54.3 Å². The van der Waals surface area contributed by atoms with Crippen LogP contribution < -0.4 is 15.4 Å². The quantitative estimate of drug-likeness (QED) is 0.179. The van der Waals surface area contributed by atoms with Gasteiger partial charge in [-0.2, -0.15) is 18.3 Å². The first kappa shape index (κ1) is 29.2. The molecule has 0 aliphatic heterocycles. The van der Waals surface area contributed by atoms with Crippen LogP contribution in [0.2, 0.25) is 0 Å². The van der Waals surface area contributed by atoms with E-state index in [0.717, 1.165) is 10.7 Å². The first-order chi connectivity index (χ1) is 19.9. The summed E-state index contributed by atoms with van der Waals surface area (Å²) >= 11 is -0.289. The number of ether oxygens (including phenoxy) is 1. The number of anilines is 1. The number of carbonyl (C=O) groups excluding carboxylic acids is 2. The third kappa shape index (κ3) is 6.27. The number of hydrogen-bond donors (Lipinski definition) is 3. The lowest BCUT2D eigenvalue weighted by molar-refractivity contribution is -0.137. The van der Waals surface area contributed by atoms with Crippen LogP contribution in [0.15, 0.2) is 65.8 Å². The predicted octanol–water partition coefficient (Wildman–Crippen LogP) is 4.95. The second kappa shape index (κ2) is 11.5. The predicted molar refractivity (Wildman–Crippen MR) is 144 cm³/mol. The fraction of sp³-hybridized carbons (Fsp3) is 0.286. The number of nitrogens with one attached hydrogen (secondary N) is 2. The molecule has 1 aromatic heterocycles. The molecule has 220 valence electrons. The van der Waals surface area contributed by atoms with Gasteiger partial charge in [0.15, 0.2) is 0 Å². The summed E-state index contributed by atoms with van der Waals surface area (Å²) in [5.74, 6) is -4.05. The zero-order valence-corrected chi connectivity index (χ0v) is 22.7. The largest absolute Gasteiger partial charge is 0.496 e. The molecule has 1 fully saturated rings. The highest BCUT2D eigenvalue weighted by Crippen LogP contribution is 2.45. The molecule has 0 spiro atoms. The molecule has 4 atom stereocenters. The molecule has 14 heteroatoms. The summed E-state index contributed by atoms with van der Waals surface area (Å²) in [4.78, 5) is 37.8. The molecule has 0 radical (unpaired) electrons. The van der Waals surface area contributed by atoms with Crippen LogP contribution in [-0.4, -0.2) is 51.3 Å². The summed E-state index contributed by atoms with van der Waals surface area (Å²) in [5, 5.41) is 18.5. The van der Waals surface area contributed by atoms with Gasteiger partial charge in [0.05, 0.1) is 24.8 Å². The smallest absolute Gasteiger partial charge is 0.446 e. The van der Waals surface area contributed by atoms with Crippen LogP contribution in [0.25, 0.3) is 11.1 Å². The highest BCUT2D eigenvalue weighted by atomic mass is 32.2. The number of carboxylic acid groups (broad SMARTS) is 1. The summed E-state index contributed by atoms with van der Waals surface area (Å²) in [7, 11) is 1.28. The van der Waals surface area contributed by atoms with Gasteiger partial charge in [0.2, 0.25) is 5.91 Å². The highest BCUT2D eigenvalue weighted by Gasteiger charge is 2.49. The standard InChI is InChI=1S/C28H24F4N4O5S/c1-41-22-10-21(29)19(16-11-33-36(12-16)13-23(37)38)9-20(22)26(39)35-25-15-6-5-14(7-15)24(25)27(40)34-17-3-2-4-18(8-17)42-28(30,31)32/h2-6,8-12,14-15,24-25H,7,13H2,1H3,(H,34,40)(H,35,39)(H,37,38). The Labute approximate surface area is 240 Å². The number of methoxy groups -OCH3 is 1. The lowest BCUT2D eigenvalue weighted by Crippen LogP contribution is -2.47. The Morgan fingerprint density at radius 3 is 2.64 bits per heavy atom. The van der Waals surface area contributed by atoms with E-state index in [9.17, 15) is 31.9 Å². The molecule has 1 saturated carbocycles. The van der Waals surface area contributed by atoms with Crippen LogP contribution in [0.1, 0.15) is 16.8 Å². The molecule has 3 aromatic rings. The number of rotatable bonds is 9. The molecule has 2 aliphatic rings. The summed E-state index contributed by atoms with van der Waals surface area (Å²) in [6, 6.07) is 7.08. The van der Waals surface area contributed by atoms with E-state index in [2.05, 4.69) is 15.7 Å². The normalized spacial score (nSPS) is 20.9. The van der Waals surface area contributed by atoms with Crippen molar-refractivity contribution in [3.05, 3.63) is 72.3 Å². The molecule has 5 rings (SSSR count). The minimum atomic E-state index is -4.48. The number of alkyl halides is 3. The number of aromatic nitrogens is 2. The molecule has 1 heterocycles. The van der Waals surface area contributed by atoms with Crippen molar-refractivity contribution >= 4 is 35.2 Å². The molecule has 2 aromatic carbocycles. The van der Waals surface area contributed by atoms with Crippen molar-refractivity contribution in [3.63, 3.8) is 0 Å². The zero-order valence-electron chi connectivity index (χ0n) is 21.9. The Bertz CT molecular complexity index is 1570. The van der Waals surface area contributed by atoms with Crippen LogP contribution in [0.5, 0.6) is 5.75 Å². The number of aliphatic carboxylic acids is 1. The molecule has 2 aliphatic carbocycles. The fourth-order valence-corrected chi connectivity index (χ4v) is 6.05. The number of nitrogens with zero attached hydrogens (tertiary/aromatic N) is 2. The van der Waals surface area contributed by atoms with Crippen LogP contribution in [0.4, 0.5) is 23.2 Å². The van der Waals surface area contributed by atoms with E-state index in [1.54, 1.807) is 0 Å². The number of halogens is 4. The Morgan fingerprint density at radius 2 is 1.93 bits per heavy atom. The second-order valence-electron chi connectivity index (χ2n) is 9.89. The van der Waals surface area contributed by atoms with Crippen molar-refractivity contribution in [2.75, 3.05) is 12.4 Å². The van der Waals surface area contributed by atoms with E-state index in [4.69, 9.17) is 9.84 Å². The maximum atomic E-state index is 15.0. The first-order valence-corrected chi connectivity index (χ1v) is 13.5. The molecule has 9 nitrogen and oxygen atoms in total. The van der Waals surface area contributed by atoms with Gasteiger partial charge in [-0.1, -0.05) is 18.2 Å². The van der Waals surface area contributed by atoms with Crippen molar-refractivity contribution in [2.45, 2.75) is 29.4 Å². The highest BCUT2D eigenvalue weighted by molar-refractivity contribution is 8.00. The SMILES string of the molecule is COc1cc(F)c(-c2cnn(CC(=O)O)c2)cc1C(=O)NC1C2C=CC(C2)C1C(=O)Nc1cccc(SC(F)(F)F)c1. The Morgan fingerprint density at radius 1 is 1.17 bits per heavy atom. The van der Waals surface area contributed by atoms with E-state index >= 15 is 0 Å². The number of fused-ring (bicyclic) bond motifs is 2. The van der Waals surface area contributed by atoms with Gasteiger partial charge in [0, 0.05) is 40.0 Å². The lowest BCUT2D eigenvalue weighted by Gasteiger charge is -2.28. The number of amides is 2. The van der Waals surface area contributed by atoms with E-state index < -0.39 is 47.6 Å². The molecule has 0 saturated heterocycles. The second-order valence-corrected chi connectivity index (χ2v) is 11.0. The number of thioether (sulfide) groups is 1. The fourth-order valence-electron chi connectivity index (χ4n) is 5.45. The van der Waals surface area contributed by atoms with E-state index in [1.807, 2.05) is 12.2 Å². The molecular formula is C28H24F4N4O5S. The van der Waals surface area contributed by atoms with Crippen LogP contribution in [0, 0.1) is 23.6 Å². The van der Waals surface area contributed by atoms with Gasteiger partial charge in [0.1, 0.15) is 18.1 Å². The van der Waals surface area contributed by atoms with Crippen LogP contribution in [-0.2, 0) is 16.1 Å². The molecule has 4 unspecified atom stereocenters. The summed E-state index contributed by atoms with van der Waals surface area (Å²) in [6.45, 7) is -0.433. The van der Waals surface area contributed by atoms with Gasteiger partial charge < -0.3 is 20.5 Å². The zero-order chi connectivity index (χ0) is 30.2. The minimum absolute atomic E-state index is 0.00340. The van der Waals surface area contributed by atoms with Crippen LogP contribution in [0.3, 0.4) is 0 Å². The van der Waals surface area contributed by atoms with E-state index in [0.29, 0.717) is 6.42 Å². The molecule has 2 bridgehead atoms. The minimum Gasteiger partial charge on any atom is -0.496 e. The summed E-state index contributed by atoms with van der Waals surface area (Å²) in [6.07, 6.45) is 7.01. The average molecular weight is 605 g/mol. The summed E-state index contributed by atoms with van der Waals surface area (Å²) < 4.78 is 59.8. The van der Waals surface area contributed by atoms with Crippen molar-refractivity contribution < 1.29 is 41.8 Å². The maximum Gasteiger partial charge on any atom is 0.446 e. The topological polar surface area (TPSA) is 123 Å². The van der Waals surface area contributed by atoms with Gasteiger partial charge in [0.25, 0.3) is 5.91 Å². The van der Waals surface area contributed by atoms with E-state index in [-0.39, 0.29) is 56.6 Å². The Hall–Kier alpha value is -4.33. The number of carboxylic acids is 1. The maximum absolute atomic E-state index is 15.0. The third-order valence-corrected chi connectivity index (χ3v) is 7.89. The van der Waals surface area contributed by atoms with Gasteiger partial charge in [-0.3, -0.25) is 19.1 Å². The van der Waals surface area contributed by atoms with Crippen molar-refractivity contribution in [3.8, 4) is 16.9 Å². The molecule has 2 amide bonds. The number of benzene rings is 2. The molecule has 42 heavy (non-hydrogen) atoms. The van der Waals surface area contributed by atoms with Crippen molar-refractivity contribution in [1.29, 1.82) is 0 Å². The number of hydrogen-bond acceptors (Lipinski definition) is 6. The van der Waals surface area contributed by atoms with Gasteiger partial charge in [-0.25, -0.2) is 4.39 Å². The molecular weight excluding hydrogens is 580 g/mol. The van der Waals surface area contributed by atoms with Gasteiger partial charge in [-0.15, -0.1) is 0 Å². The van der Waals surface area contributed by atoms with Crippen molar-refractivity contribution in [2.24, 2.45) is 17.8 Å². The third-order valence-electron chi connectivity index (χ3n) is 7.17. The van der Waals surface area contributed by atoms with Crippen molar-refractivity contribution in [1.82, 2.24) is 15.1 Å². The average Bonchev–Trinajstić information content (AvgIpc) is 3.64. The number of allylic oxidation sites excluding steroid dienone is 1. The monoisotopic (exact) mass is 604 g/mol. The van der Waals surface area contributed by atoms with Gasteiger partial charge >= 0.3 is 11.5 Å². The van der Waals surface area contributed by atoms with Crippen LogP contribution >= 0.6 is 11.8 Å². The lowest BCUT2D eigenvalue weighted by atomic mass is 9.87.